The summed E-state index contributed by atoms with van der Waals surface area (Å²) >= 11 is 0. The molecule has 17 heavy (non-hydrogen) atoms. The van der Waals surface area contributed by atoms with Gasteiger partial charge < -0.3 is 14.7 Å². The molecule has 0 radical (unpaired) electrons. The number of aryl methyl sites for hydroxylation is 1. The first-order valence-corrected chi connectivity index (χ1v) is 6.14. The molecule has 1 fully saturated rings. The molecule has 1 N–H and O–H groups in total. The first kappa shape index (κ1) is 12.4. The number of methoxy groups -OCH3 is 1. The topological polar surface area (TPSA) is 32.7 Å². The van der Waals surface area contributed by atoms with Crippen molar-refractivity contribution in [3.8, 4) is 5.75 Å². The van der Waals surface area contributed by atoms with Gasteiger partial charge in [-0.1, -0.05) is 11.6 Å². The van der Waals surface area contributed by atoms with Crippen molar-refractivity contribution >= 4 is 0 Å². The van der Waals surface area contributed by atoms with Crippen molar-refractivity contribution < 1.29 is 9.84 Å². The number of rotatable bonds is 5. The van der Waals surface area contributed by atoms with Crippen LogP contribution in [-0.2, 0) is 0 Å². The first-order valence-electron chi connectivity index (χ1n) is 6.14. The highest BCUT2D eigenvalue weighted by Crippen LogP contribution is 2.30. The fourth-order valence-electron chi connectivity index (χ4n) is 2.15. The van der Waals surface area contributed by atoms with Crippen LogP contribution in [0.25, 0.3) is 0 Å². The molecular weight excluding hydrogens is 214 g/mol. The summed E-state index contributed by atoms with van der Waals surface area (Å²) in [5.41, 5.74) is 2.04. The minimum Gasteiger partial charge on any atom is -0.496 e. The van der Waals surface area contributed by atoms with Crippen LogP contribution in [0.15, 0.2) is 18.2 Å². The first-order chi connectivity index (χ1) is 8.11. The third-order valence-corrected chi connectivity index (χ3v) is 3.38. The molecular formula is C14H21NO2. The van der Waals surface area contributed by atoms with Gasteiger partial charge in [-0.15, -0.1) is 0 Å². The lowest BCUT2D eigenvalue weighted by Crippen LogP contribution is -2.26. The van der Waals surface area contributed by atoms with Crippen molar-refractivity contribution in [2.75, 3.05) is 20.7 Å². The van der Waals surface area contributed by atoms with Crippen molar-refractivity contribution in [1.82, 2.24) is 4.90 Å². The molecule has 0 aliphatic heterocycles. The van der Waals surface area contributed by atoms with Gasteiger partial charge in [-0.2, -0.15) is 0 Å². The second kappa shape index (κ2) is 5.07. The quantitative estimate of drug-likeness (QED) is 0.848. The summed E-state index contributed by atoms with van der Waals surface area (Å²) in [7, 11) is 3.72. The number of hydrogen-bond donors (Lipinski definition) is 1. The van der Waals surface area contributed by atoms with Gasteiger partial charge in [0, 0.05) is 18.2 Å². The van der Waals surface area contributed by atoms with E-state index in [0.29, 0.717) is 12.6 Å². The van der Waals surface area contributed by atoms with E-state index in [4.69, 9.17) is 4.74 Å². The van der Waals surface area contributed by atoms with Crippen molar-refractivity contribution in [3.05, 3.63) is 29.3 Å². The lowest BCUT2D eigenvalue weighted by atomic mass is 10.0. The van der Waals surface area contributed by atoms with Crippen LogP contribution in [0.1, 0.15) is 30.1 Å². The van der Waals surface area contributed by atoms with Crippen molar-refractivity contribution in [3.63, 3.8) is 0 Å². The predicted molar refractivity (Wildman–Crippen MR) is 68.3 cm³/mol. The van der Waals surface area contributed by atoms with Crippen molar-refractivity contribution in [2.24, 2.45) is 0 Å². The zero-order valence-corrected chi connectivity index (χ0v) is 10.8. The van der Waals surface area contributed by atoms with E-state index in [0.717, 1.165) is 16.9 Å². The van der Waals surface area contributed by atoms with Crippen LogP contribution in [-0.4, -0.2) is 36.8 Å². The highest BCUT2D eigenvalue weighted by atomic mass is 16.5. The van der Waals surface area contributed by atoms with E-state index in [9.17, 15) is 5.11 Å². The van der Waals surface area contributed by atoms with Crippen LogP contribution in [0.5, 0.6) is 5.75 Å². The number of ether oxygens (including phenoxy) is 1. The Morgan fingerprint density at radius 2 is 2.18 bits per heavy atom. The molecule has 0 aromatic heterocycles. The molecule has 1 saturated carbocycles. The van der Waals surface area contributed by atoms with E-state index in [-0.39, 0.29) is 0 Å². The monoisotopic (exact) mass is 235 g/mol. The zero-order chi connectivity index (χ0) is 12.4. The molecule has 1 aliphatic carbocycles. The largest absolute Gasteiger partial charge is 0.496 e. The van der Waals surface area contributed by atoms with E-state index < -0.39 is 6.10 Å². The Balaban J connectivity index is 2.10. The maximum absolute atomic E-state index is 10.3. The summed E-state index contributed by atoms with van der Waals surface area (Å²) < 4.78 is 5.30. The van der Waals surface area contributed by atoms with Crippen LogP contribution < -0.4 is 4.74 Å². The Morgan fingerprint density at radius 1 is 1.47 bits per heavy atom. The molecule has 3 heteroatoms. The number of aliphatic hydroxyl groups excluding tert-OH is 1. The third kappa shape index (κ3) is 2.99. The molecule has 1 aliphatic rings. The van der Waals surface area contributed by atoms with Gasteiger partial charge in [-0.05, 0) is 38.9 Å². The summed E-state index contributed by atoms with van der Waals surface area (Å²) in [4.78, 5) is 2.23. The lowest BCUT2D eigenvalue weighted by molar-refractivity contribution is 0.120. The number of hydrogen-bond acceptors (Lipinski definition) is 3. The zero-order valence-electron chi connectivity index (χ0n) is 10.8. The summed E-state index contributed by atoms with van der Waals surface area (Å²) in [6.45, 7) is 2.70. The average molecular weight is 235 g/mol. The van der Waals surface area contributed by atoms with Crippen LogP contribution in [0.2, 0.25) is 0 Å². The number of aliphatic hydroxyl groups is 1. The number of benzene rings is 1. The summed E-state index contributed by atoms with van der Waals surface area (Å²) in [6, 6.07) is 6.59. The van der Waals surface area contributed by atoms with Gasteiger partial charge in [0.2, 0.25) is 0 Å². The minimum absolute atomic E-state index is 0.476. The van der Waals surface area contributed by atoms with Crippen LogP contribution in [0, 0.1) is 6.92 Å². The van der Waals surface area contributed by atoms with Gasteiger partial charge in [-0.25, -0.2) is 0 Å². The molecule has 0 bridgehead atoms. The van der Waals surface area contributed by atoms with Crippen molar-refractivity contribution in [2.45, 2.75) is 31.9 Å². The Hall–Kier alpha value is -1.06. The molecule has 1 atom stereocenters. The van der Waals surface area contributed by atoms with E-state index in [1.54, 1.807) is 7.11 Å². The minimum atomic E-state index is -0.476. The molecule has 1 aromatic carbocycles. The Bertz CT molecular complexity index is 388. The van der Waals surface area contributed by atoms with Crippen molar-refractivity contribution in [1.29, 1.82) is 0 Å². The maximum atomic E-state index is 10.3. The SMILES string of the molecule is COc1ccc(C)cc1C(O)CN(C)C1CC1. The molecule has 2 rings (SSSR count). The molecule has 94 valence electrons. The molecule has 1 unspecified atom stereocenters. The Labute approximate surface area is 103 Å². The lowest BCUT2D eigenvalue weighted by Gasteiger charge is -2.22. The van der Waals surface area contributed by atoms with Gasteiger partial charge in [0.1, 0.15) is 5.75 Å². The summed E-state index contributed by atoms with van der Waals surface area (Å²) in [5.74, 6) is 0.771. The van der Waals surface area contributed by atoms with E-state index in [1.807, 2.05) is 25.1 Å². The number of likely N-dealkylation sites (N-methyl/N-ethyl adjacent to an activating group) is 1. The molecule has 3 nitrogen and oxygen atoms in total. The molecule has 0 saturated heterocycles. The van der Waals surface area contributed by atoms with Gasteiger partial charge in [0.05, 0.1) is 13.2 Å². The van der Waals surface area contributed by atoms with E-state index in [2.05, 4.69) is 11.9 Å². The van der Waals surface area contributed by atoms with E-state index >= 15 is 0 Å². The van der Waals surface area contributed by atoms with Gasteiger partial charge in [0.25, 0.3) is 0 Å². The standard InChI is InChI=1S/C14H21NO2/c1-10-4-7-14(17-3)12(8-10)13(16)9-15(2)11-5-6-11/h4,7-8,11,13,16H,5-6,9H2,1-3H3. The fraction of sp³-hybridized carbons (Fsp3) is 0.571. The second-order valence-electron chi connectivity index (χ2n) is 4.93. The molecule has 0 heterocycles. The average Bonchev–Trinajstić information content (AvgIpc) is 3.12. The molecule has 1 aromatic rings. The number of nitrogens with zero attached hydrogens (tertiary/aromatic N) is 1. The normalized spacial score (nSPS) is 17.2. The molecule has 0 amide bonds. The van der Waals surface area contributed by atoms with Crippen LogP contribution in [0.3, 0.4) is 0 Å². The summed E-state index contributed by atoms with van der Waals surface area (Å²) in [6.07, 6.45) is 2.04. The van der Waals surface area contributed by atoms with Gasteiger partial charge >= 0.3 is 0 Å². The highest BCUT2D eigenvalue weighted by Gasteiger charge is 2.28. The van der Waals surface area contributed by atoms with Crippen LogP contribution >= 0.6 is 0 Å². The smallest absolute Gasteiger partial charge is 0.124 e. The predicted octanol–water partition coefficient (Wildman–Crippen LogP) is 2.13. The van der Waals surface area contributed by atoms with Gasteiger partial charge in [0.15, 0.2) is 0 Å². The summed E-state index contributed by atoms with van der Waals surface area (Å²) in [5, 5.41) is 10.3. The Kier molecular flexibility index (Phi) is 3.69. The fourth-order valence-corrected chi connectivity index (χ4v) is 2.15. The third-order valence-electron chi connectivity index (χ3n) is 3.38. The Morgan fingerprint density at radius 3 is 2.76 bits per heavy atom. The highest BCUT2D eigenvalue weighted by molar-refractivity contribution is 5.38. The van der Waals surface area contributed by atoms with Gasteiger partial charge in [-0.3, -0.25) is 0 Å². The second-order valence-corrected chi connectivity index (χ2v) is 4.93. The van der Waals surface area contributed by atoms with E-state index in [1.165, 1.54) is 12.8 Å². The molecule has 0 spiro atoms. The van der Waals surface area contributed by atoms with Crippen LogP contribution in [0.4, 0.5) is 0 Å². The maximum Gasteiger partial charge on any atom is 0.124 e.